The molecule has 1 fully saturated rings. The summed E-state index contributed by atoms with van der Waals surface area (Å²) in [5.41, 5.74) is 14.1. The minimum absolute atomic E-state index is 0.119. The summed E-state index contributed by atoms with van der Waals surface area (Å²) < 4.78 is 5.52. The fourth-order valence-corrected chi connectivity index (χ4v) is 2.75. The zero-order chi connectivity index (χ0) is 12.0. The number of nitrogens with two attached hydrogens (primary N) is 2. The number of benzene rings is 1. The summed E-state index contributed by atoms with van der Waals surface area (Å²) in [5, 5.41) is 1.16. The predicted octanol–water partition coefficient (Wildman–Crippen LogP) is 1.37. The molecule has 0 amide bonds. The second-order valence-corrected chi connectivity index (χ2v) is 4.77. The largest absolute Gasteiger partial charge is 0.385 e. The van der Waals surface area contributed by atoms with Gasteiger partial charge in [-0.05, 0) is 13.0 Å². The lowest BCUT2D eigenvalue weighted by molar-refractivity contribution is -0.123. The van der Waals surface area contributed by atoms with Crippen molar-refractivity contribution in [2.75, 3.05) is 18.9 Å². The van der Waals surface area contributed by atoms with Gasteiger partial charge in [-0.3, -0.25) is 0 Å². The molecule has 4 nitrogen and oxygen atoms in total. The first kappa shape index (κ1) is 10.6. The molecule has 0 aliphatic carbocycles. The molecule has 1 aromatic heterocycles. The molecule has 3 rings (SSSR count). The van der Waals surface area contributed by atoms with Crippen LogP contribution in [0.2, 0.25) is 0 Å². The van der Waals surface area contributed by atoms with E-state index in [9.17, 15) is 0 Å². The molecule has 0 saturated carbocycles. The van der Waals surface area contributed by atoms with E-state index in [1.54, 1.807) is 0 Å². The number of hydrogen-bond acceptors (Lipinski definition) is 3. The highest BCUT2D eigenvalue weighted by molar-refractivity contribution is 5.90. The average Bonchev–Trinajstić information content (AvgIpc) is 2.66. The van der Waals surface area contributed by atoms with Gasteiger partial charge < -0.3 is 21.2 Å². The van der Waals surface area contributed by atoms with Gasteiger partial charge >= 0.3 is 0 Å². The van der Waals surface area contributed by atoms with Crippen LogP contribution < -0.4 is 11.5 Å². The van der Waals surface area contributed by atoms with E-state index in [0.29, 0.717) is 19.0 Å². The van der Waals surface area contributed by atoms with Crippen molar-refractivity contribution < 1.29 is 4.74 Å². The molecule has 17 heavy (non-hydrogen) atoms. The maximum Gasteiger partial charge on any atom is 0.105 e. The van der Waals surface area contributed by atoms with E-state index in [2.05, 4.69) is 18.0 Å². The molecule has 1 aromatic carbocycles. The fraction of sp³-hybridized carbons (Fsp3) is 0.385. The Morgan fingerprint density at radius 1 is 1.47 bits per heavy atom. The van der Waals surface area contributed by atoms with Crippen LogP contribution in [0.5, 0.6) is 0 Å². The van der Waals surface area contributed by atoms with Crippen LogP contribution in [0.25, 0.3) is 10.9 Å². The smallest absolute Gasteiger partial charge is 0.105 e. The molecule has 90 valence electrons. The Bertz CT molecular complexity index is 559. The molecule has 1 aliphatic rings. The highest BCUT2D eigenvalue weighted by atomic mass is 16.5. The summed E-state index contributed by atoms with van der Waals surface area (Å²) in [6, 6.07) is 8.13. The van der Waals surface area contributed by atoms with Crippen LogP contribution in [0.1, 0.15) is 12.5 Å². The predicted molar refractivity (Wildman–Crippen MR) is 68.9 cm³/mol. The van der Waals surface area contributed by atoms with Gasteiger partial charge in [0.1, 0.15) is 5.82 Å². The van der Waals surface area contributed by atoms with Gasteiger partial charge in [0.25, 0.3) is 0 Å². The van der Waals surface area contributed by atoms with E-state index in [4.69, 9.17) is 16.2 Å². The van der Waals surface area contributed by atoms with Crippen molar-refractivity contribution in [1.82, 2.24) is 4.98 Å². The zero-order valence-corrected chi connectivity index (χ0v) is 9.86. The van der Waals surface area contributed by atoms with Crippen molar-refractivity contribution in [3.05, 3.63) is 29.8 Å². The summed E-state index contributed by atoms with van der Waals surface area (Å²) in [4.78, 5) is 3.22. The van der Waals surface area contributed by atoms with Crippen molar-refractivity contribution in [1.29, 1.82) is 0 Å². The lowest BCUT2D eigenvalue weighted by atomic mass is 9.72. The Hall–Kier alpha value is -1.52. The molecule has 1 saturated heterocycles. The van der Waals surface area contributed by atoms with Gasteiger partial charge in [0.15, 0.2) is 0 Å². The minimum Gasteiger partial charge on any atom is -0.385 e. The van der Waals surface area contributed by atoms with Crippen LogP contribution in [0.3, 0.4) is 0 Å². The van der Waals surface area contributed by atoms with Crippen molar-refractivity contribution in [2.24, 2.45) is 5.73 Å². The first-order valence-corrected chi connectivity index (χ1v) is 5.87. The molecule has 2 heterocycles. The van der Waals surface area contributed by atoms with Crippen LogP contribution in [0, 0.1) is 0 Å². The second kappa shape index (κ2) is 3.48. The Labute approximate surface area is 99.9 Å². The van der Waals surface area contributed by atoms with Gasteiger partial charge in [0.2, 0.25) is 0 Å². The molecular formula is C13H17N3O. The Morgan fingerprint density at radius 2 is 2.24 bits per heavy atom. The summed E-state index contributed by atoms with van der Waals surface area (Å²) in [6.07, 6.45) is 0.119. The number of aromatic amines is 1. The Balaban J connectivity index is 2.26. The first-order chi connectivity index (χ1) is 8.19. The van der Waals surface area contributed by atoms with Gasteiger partial charge in [-0.15, -0.1) is 0 Å². The minimum atomic E-state index is -0.135. The van der Waals surface area contributed by atoms with E-state index >= 15 is 0 Å². The van der Waals surface area contributed by atoms with Gasteiger partial charge in [0, 0.05) is 23.0 Å². The lowest BCUT2D eigenvalue weighted by Gasteiger charge is -2.47. The Kier molecular flexibility index (Phi) is 2.18. The highest BCUT2D eigenvalue weighted by Crippen LogP contribution is 2.43. The van der Waals surface area contributed by atoms with E-state index < -0.39 is 0 Å². The molecule has 5 N–H and O–H groups in total. The van der Waals surface area contributed by atoms with Crippen LogP contribution in [-0.4, -0.2) is 24.2 Å². The molecular weight excluding hydrogens is 214 g/mol. The zero-order valence-electron chi connectivity index (χ0n) is 9.86. The number of hydrogen-bond donors (Lipinski definition) is 3. The highest BCUT2D eigenvalue weighted by Gasteiger charge is 2.48. The summed E-state index contributed by atoms with van der Waals surface area (Å²) in [5.74, 6) is 0.715. The third kappa shape index (κ3) is 1.25. The number of fused-ring (bicyclic) bond motifs is 1. The molecule has 0 bridgehead atoms. The monoisotopic (exact) mass is 231 g/mol. The molecule has 1 aliphatic heterocycles. The van der Waals surface area contributed by atoms with Crippen LogP contribution in [-0.2, 0) is 10.2 Å². The van der Waals surface area contributed by atoms with E-state index in [1.807, 2.05) is 18.2 Å². The van der Waals surface area contributed by atoms with Gasteiger partial charge in [0.05, 0.1) is 18.1 Å². The number of H-pyrrole nitrogens is 1. The van der Waals surface area contributed by atoms with Crippen molar-refractivity contribution in [3.63, 3.8) is 0 Å². The second-order valence-electron chi connectivity index (χ2n) is 4.77. The molecule has 0 radical (unpaired) electrons. The number of nitrogens with one attached hydrogen (secondary N) is 1. The SMILES string of the molecule is CC1OCC1(CN)c1c(N)[nH]c2ccccc12. The maximum atomic E-state index is 6.12. The van der Waals surface area contributed by atoms with Crippen LogP contribution in [0.4, 0.5) is 5.82 Å². The number of para-hydroxylation sites is 1. The van der Waals surface area contributed by atoms with Crippen molar-refractivity contribution in [2.45, 2.75) is 18.4 Å². The number of ether oxygens (including phenoxy) is 1. The number of nitrogen functional groups attached to an aromatic ring is 1. The number of anilines is 1. The summed E-state index contributed by atoms with van der Waals surface area (Å²) >= 11 is 0. The standard InChI is InChI=1S/C13H17N3O/c1-8-13(6-14,7-17-8)11-9-4-2-3-5-10(9)16-12(11)15/h2-5,8,16H,6-7,14-15H2,1H3. The van der Waals surface area contributed by atoms with Gasteiger partial charge in [-0.1, -0.05) is 18.2 Å². The van der Waals surface area contributed by atoms with Crippen molar-refractivity contribution >= 4 is 16.7 Å². The number of rotatable bonds is 2. The third-order valence-electron chi connectivity index (χ3n) is 3.97. The molecule has 0 spiro atoms. The molecule has 2 atom stereocenters. The van der Waals surface area contributed by atoms with E-state index in [0.717, 1.165) is 16.5 Å². The van der Waals surface area contributed by atoms with Crippen LogP contribution in [0.15, 0.2) is 24.3 Å². The molecule has 2 aromatic rings. The van der Waals surface area contributed by atoms with Gasteiger partial charge in [-0.2, -0.15) is 0 Å². The van der Waals surface area contributed by atoms with Crippen molar-refractivity contribution in [3.8, 4) is 0 Å². The first-order valence-electron chi connectivity index (χ1n) is 5.87. The summed E-state index contributed by atoms with van der Waals surface area (Å²) in [7, 11) is 0. The topological polar surface area (TPSA) is 77.1 Å². The van der Waals surface area contributed by atoms with Gasteiger partial charge in [-0.25, -0.2) is 0 Å². The summed E-state index contributed by atoms with van der Waals surface area (Å²) in [6.45, 7) is 3.26. The van der Waals surface area contributed by atoms with E-state index in [1.165, 1.54) is 0 Å². The maximum absolute atomic E-state index is 6.12. The van der Waals surface area contributed by atoms with Crippen LogP contribution >= 0.6 is 0 Å². The quantitative estimate of drug-likeness (QED) is 0.730. The third-order valence-corrected chi connectivity index (χ3v) is 3.97. The Morgan fingerprint density at radius 3 is 2.82 bits per heavy atom. The number of aromatic nitrogens is 1. The lowest BCUT2D eigenvalue weighted by Crippen LogP contribution is -2.58. The molecule has 4 heteroatoms. The molecule has 2 unspecified atom stereocenters. The fourth-order valence-electron chi connectivity index (χ4n) is 2.75. The van der Waals surface area contributed by atoms with E-state index in [-0.39, 0.29) is 11.5 Å². The normalized spacial score (nSPS) is 28.2. The average molecular weight is 231 g/mol.